The Balaban J connectivity index is 1.41. The second-order valence-corrected chi connectivity index (χ2v) is 6.25. The molecule has 0 aliphatic rings. The highest BCUT2D eigenvalue weighted by Crippen LogP contribution is 2.17. The molecule has 1 unspecified atom stereocenters. The number of amides is 1. The zero-order valence-electron chi connectivity index (χ0n) is 14.9. The summed E-state index contributed by atoms with van der Waals surface area (Å²) >= 11 is 0. The van der Waals surface area contributed by atoms with Gasteiger partial charge in [0.25, 0.3) is 0 Å². The molecule has 28 heavy (non-hydrogen) atoms. The molecular formula is C20H19F2N3O3. The highest BCUT2D eigenvalue weighted by Gasteiger charge is 2.12. The van der Waals surface area contributed by atoms with Crippen molar-refractivity contribution >= 4 is 5.91 Å². The molecular weight excluding hydrogens is 368 g/mol. The normalized spacial score (nSPS) is 12.0. The van der Waals surface area contributed by atoms with Crippen molar-refractivity contribution in [3.63, 3.8) is 0 Å². The first-order valence-electron chi connectivity index (χ1n) is 8.80. The molecule has 3 aromatic rings. The molecule has 0 radical (unpaired) electrons. The van der Waals surface area contributed by atoms with E-state index in [1.54, 1.807) is 18.2 Å². The summed E-state index contributed by atoms with van der Waals surface area (Å²) in [6.07, 6.45) is 0.124. The SMILES string of the molecule is O=C(CCCc1nc(-c2ccc(F)cc2)no1)NCC(O)c1cccc(F)c1. The average molecular weight is 387 g/mol. The third-order valence-electron chi connectivity index (χ3n) is 4.09. The molecule has 0 bridgehead atoms. The lowest BCUT2D eigenvalue weighted by Gasteiger charge is -2.12. The van der Waals surface area contributed by atoms with Crippen molar-refractivity contribution in [3.8, 4) is 11.4 Å². The van der Waals surface area contributed by atoms with Gasteiger partial charge in [-0.1, -0.05) is 17.3 Å². The van der Waals surface area contributed by atoms with Gasteiger partial charge in [-0.3, -0.25) is 4.79 Å². The predicted molar refractivity (Wildman–Crippen MR) is 97.0 cm³/mol. The average Bonchev–Trinajstić information content (AvgIpc) is 3.15. The summed E-state index contributed by atoms with van der Waals surface area (Å²) in [4.78, 5) is 16.1. The molecule has 6 nitrogen and oxygen atoms in total. The van der Waals surface area contributed by atoms with E-state index >= 15 is 0 Å². The standard InChI is InChI=1S/C20H19F2N3O3/c21-15-9-7-13(8-10-15)20-24-19(28-25-20)6-2-5-18(27)23-12-17(26)14-3-1-4-16(22)11-14/h1,3-4,7-11,17,26H,2,5-6,12H2,(H,23,27). The van der Waals surface area contributed by atoms with E-state index in [1.807, 2.05) is 0 Å². The number of carbonyl (C=O) groups excluding carboxylic acids is 1. The van der Waals surface area contributed by atoms with E-state index in [-0.39, 0.29) is 24.7 Å². The third kappa shape index (κ3) is 5.43. The number of hydrogen-bond acceptors (Lipinski definition) is 5. The number of rotatable bonds is 8. The van der Waals surface area contributed by atoms with Crippen LogP contribution in [0.25, 0.3) is 11.4 Å². The first-order valence-corrected chi connectivity index (χ1v) is 8.80. The van der Waals surface area contributed by atoms with E-state index in [0.717, 1.165) is 0 Å². The highest BCUT2D eigenvalue weighted by atomic mass is 19.1. The molecule has 2 N–H and O–H groups in total. The fourth-order valence-electron chi connectivity index (χ4n) is 2.60. The minimum absolute atomic E-state index is 0.00242. The van der Waals surface area contributed by atoms with Crippen LogP contribution in [0.15, 0.2) is 53.1 Å². The van der Waals surface area contributed by atoms with Gasteiger partial charge in [-0.25, -0.2) is 8.78 Å². The van der Waals surface area contributed by atoms with Crippen molar-refractivity contribution in [2.45, 2.75) is 25.4 Å². The van der Waals surface area contributed by atoms with Crippen molar-refractivity contribution in [1.29, 1.82) is 0 Å². The smallest absolute Gasteiger partial charge is 0.226 e. The molecule has 0 fully saturated rings. The molecule has 0 aliphatic heterocycles. The molecule has 2 aromatic carbocycles. The van der Waals surface area contributed by atoms with Gasteiger partial charge >= 0.3 is 0 Å². The van der Waals surface area contributed by atoms with Gasteiger partial charge in [0.05, 0.1) is 6.10 Å². The van der Waals surface area contributed by atoms with E-state index in [4.69, 9.17) is 4.52 Å². The molecule has 146 valence electrons. The molecule has 1 heterocycles. The molecule has 0 spiro atoms. The number of aliphatic hydroxyl groups excluding tert-OH is 1. The number of benzene rings is 2. The molecule has 8 heteroatoms. The molecule has 1 atom stereocenters. The van der Waals surface area contributed by atoms with Crippen LogP contribution in [-0.2, 0) is 11.2 Å². The van der Waals surface area contributed by atoms with Crippen LogP contribution >= 0.6 is 0 Å². The fourth-order valence-corrected chi connectivity index (χ4v) is 2.60. The number of carbonyl (C=O) groups is 1. The van der Waals surface area contributed by atoms with Crippen LogP contribution in [0, 0.1) is 11.6 Å². The maximum absolute atomic E-state index is 13.1. The molecule has 0 aliphatic carbocycles. The van der Waals surface area contributed by atoms with Gasteiger partial charge in [0, 0.05) is 24.9 Å². The van der Waals surface area contributed by atoms with Crippen LogP contribution in [0.2, 0.25) is 0 Å². The fraction of sp³-hybridized carbons (Fsp3) is 0.250. The van der Waals surface area contributed by atoms with Gasteiger partial charge in [-0.05, 0) is 48.4 Å². The van der Waals surface area contributed by atoms with Gasteiger partial charge in [0.1, 0.15) is 11.6 Å². The number of aromatic nitrogens is 2. The summed E-state index contributed by atoms with van der Waals surface area (Å²) in [5.74, 6) is -0.290. The summed E-state index contributed by atoms with van der Waals surface area (Å²) in [5.41, 5.74) is 1.04. The number of aryl methyl sites for hydroxylation is 1. The molecule has 3 rings (SSSR count). The number of nitrogens with zero attached hydrogens (tertiary/aromatic N) is 2. The first kappa shape index (κ1) is 19.6. The van der Waals surface area contributed by atoms with Crippen molar-refractivity contribution in [2.75, 3.05) is 6.54 Å². The molecule has 0 saturated heterocycles. The van der Waals surface area contributed by atoms with Gasteiger partial charge in [-0.2, -0.15) is 4.98 Å². The van der Waals surface area contributed by atoms with E-state index in [1.165, 1.54) is 30.3 Å². The van der Waals surface area contributed by atoms with Gasteiger partial charge in [-0.15, -0.1) is 0 Å². The lowest BCUT2D eigenvalue weighted by Crippen LogP contribution is -2.28. The van der Waals surface area contributed by atoms with Crippen LogP contribution < -0.4 is 5.32 Å². The minimum Gasteiger partial charge on any atom is -0.387 e. The monoisotopic (exact) mass is 387 g/mol. The Kier molecular flexibility index (Phi) is 6.44. The minimum atomic E-state index is -0.978. The number of halogens is 2. The largest absolute Gasteiger partial charge is 0.387 e. The van der Waals surface area contributed by atoms with Crippen molar-refractivity contribution < 1.29 is 23.2 Å². The summed E-state index contributed by atoms with van der Waals surface area (Å²) < 4.78 is 31.2. The quantitative estimate of drug-likeness (QED) is 0.620. The van der Waals surface area contributed by atoms with Crippen LogP contribution in [0.1, 0.15) is 30.4 Å². The summed E-state index contributed by atoms with van der Waals surface area (Å²) in [6.45, 7) is -0.00242. The summed E-state index contributed by atoms with van der Waals surface area (Å²) in [5, 5.41) is 16.4. The second-order valence-electron chi connectivity index (χ2n) is 6.25. The van der Waals surface area contributed by atoms with Crippen LogP contribution in [0.5, 0.6) is 0 Å². The summed E-state index contributed by atoms with van der Waals surface area (Å²) in [7, 11) is 0. The van der Waals surface area contributed by atoms with E-state index in [2.05, 4.69) is 15.5 Å². The molecule has 1 aromatic heterocycles. The van der Waals surface area contributed by atoms with Gasteiger partial charge in [0.2, 0.25) is 17.6 Å². The zero-order chi connectivity index (χ0) is 19.9. The Morgan fingerprint density at radius 2 is 1.93 bits per heavy atom. The first-order chi connectivity index (χ1) is 13.5. The second kappa shape index (κ2) is 9.18. The molecule has 0 saturated carbocycles. The highest BCUT2D eigenvalue weighted by molar-refractivity contribution is 5.75. The van der Waals surface area contributed by atoms with E-state index in [0.29, 0.717) is 35.7 Å². The number of nitrogens with one attached hydrogen (secondary N) is 1. The molecule has 1 amide bonds. The Hall–Kier alpha value is -3.13. The van der Waals surface area contributed by atoms with Crippen molar-refractivity contribution in [3.05, 3.63) is 71.6 Å². The Morgan fingerprint density at radius 3 is 2.68 bits per heavy atom. The Labute approximate surface area is 160 Å². The predicted octanol–water partition coefficient (Wildman–Crippen LogP) is 3.19. The topological polar surface area (TPSA) is 88.2 Å². The van der Waals surface area contributed by atoms with Crippen LogP contribution in [0.4, 0.5) is 8.78 Å². The maximum Gasteiger partial charge on any atom is 0.226 e. The summed E-state index contributed by atoms with van der Waals surface area (Å²) in [6, 6.07) is 11.3. The van der Waals surface area contributed by atoms with Crippen LogP contribution in [0.3, 0.4) is 0 Å². The third-order valence-corrected chi connectivity index (χ3v) is 4.09. The van der Waals surface area contributed by atoms with E-state index < -0.39 is 11.9 Å². The maximum atomic E-state index is 13.1. The lowest BCUT2D eigenvalue weighted by atomic mass is 10.1. The van der Waals surface area contributed by atoms with Gasteiger partial charge < -0.3 is 14.9 Å². The van der Waals surface area contributed by atoms with E-state index in [9.17, 15) is 18.7 Å². The van der Waals surface area contributed by atoms with Crippen LogP contribution in [-0.4, -0.2) is 27.7 Å². The van der Waals surface area contributed by atoms with Gasteiger partial charge in [0.15, 0.2) is 0 Å². The zero-order valence-corrected chi connectivity index (χ0v) is 14.9. The van der Waals surface area contributed by atoms with Crippen molar-refractivity contribution in [1.82, 2.24) is 15.5 Å². The van der Waals surface area contributed by atoms with Crippen molar-refractivity contribution in [2.24, 2.45) is 0 Å². The number of hydrogen-bond donors (Lipinski definition) is 2. The Bertz CT molecular complexity index is 928. The lowest BCUT2D eigenvalue weighted by molar-refractivity contribution is -0.121. The Morgan fingerprint density at radius 1 is 1.14 bits per heavy atom. The number of aliphatic hydroxyl groups is 1.